The number of alkyl halides is 1. The molecule has 5 heteroatoms. The first-order valence-electron chi connectivity index (χ1n) is 5.48. The standard InChI is InChI=1S/C12H15ClN2O2/c1-12(2,3)17-11(16)10-9-7(4-5-14-9)8(13)6-15-10/h4-5,8,14H,6H2,1-3H3. The zero-order chi connectivity index (χ0) is 12.6. The van der Waals surface area contributed by atoms with E-state index in [4.69, 9.17) is 16.3 Å². The maximum atomic E-state index is 12.0. The minimum absolute atomic E-state index is 0.178. The number of aromatic nitrogens is 1. The molecule has 2 heterocycles. The molecule has 0 amide bonds. The fourth-order valence-electron chi connectivity index (χ4n) is 1.69. The Bertz CT molecular complexity index is 471. The minimum Gasteiger partial charge on any atom is -0.455 e. The van der Waals surface area contributed by atoms with E-state index >= 15 is 0 Å². The van der Waals surface area contributed by atoms with Gasteiger partial charge in [-0.25, -0.2) is 4.79 Å². The Kier molecular flexibility index (Phi) is 3.00. The summed E-state index contributed by atoms with van der Waals surface area (Å²) in [5, 5.41) is -0.178. The number of hydrogen-bond donors (Lipinski definition) is 1. The molecule has 17 heavy (non-hydrogen) atoms. The van der Waals surface area contributed by atoms with E-state index in [1.165, 1.54) is 0 Å². The van der Waals surface area contributed by atoms with Gasteiger partial charge in [0, 0.05) is 6.20 Å². The van der Waals surface area contributed by atoms with Crippen molar-refractivity contribution in [2.24, 2.45) is 4.99 Å². The summed E-state index contributed by atoms with van der Waals surface area (Å²) in [5.74, 6) is -0.412. The highest BCUT2D eigenvalue weighted by Gasteiger charge is 2.29. The molecule has 0 saturated heterocycles. The molecule has 1 aromatic heterocycles. The van der Waals surface area contributed by atoms with Crippen LogP contribution < -0.4 is 0 Å². The lowest BCUT2D eigenvalue weighted by Crippen LogP contribution is -2.31. The van der Waals surface area contributed by atoms with E-state index in [-0.39, 0.29) is 5.38 Å². The molecular formula is C12H15ClN2O2. The van der Waals surface area contributed by atoms with Crippen LogP contribution in [-0.2, 0) is 9.53 Å². The van der Waals surface area contributed by atoms with Gasteiger partial charge >= 0.3 is 5.97 Å². The summed E-state index contributed by atoms with van der Waals surface area (Å²) in [6, 6.07) is 1.87. The molecule has 1 aliphatic rings. The summed E-state index contributed by atoms with van der Waals surface area (Å²) in [5.41, 5.74) is 1.38. The summed E-state index contributed by atoms with van der Waals surface area (Å²) in [6.07, 6.45) is 1.76. The molecule has 1 aromatic rings. The van der Waals surface area contributed by atoms with E-state index in [0.29, 0.717) is 18.0 Å². The molecule has 0 fully saturated rings. The van der Waals surface area contributed by atoms with Crippen molar-refractivity contribution in [3.05, 3.63) is 23.5 Å². The van der Waals surface area contributed by atoms with Crippen molar-refractivity contribution in [3.63, 3.8) is 0 Å². The number of ether oxygens (including phenoxy) is 1. The van der Waals surface area contributed by atoms with Crippen LogP contribution in [0.5, 0.6) is 0 Å². The zero-order valence-electron chi connectivity index (χ0n) is 10.1. The Hall–Kier alpha value is -1.29. The lowest BCUT2D eigenvalue weighted by molar-refractivity contribution is -0.146. The van der Waals surface area contributed by atoms with Gasteiger partial charge in [0.05, 0.1) is 17.6 Å². The normalized spacial score (nSPS) is 19.5. The molecule has 2 rings (SSSR count). The van der Waals surface area contributed by atoms with E-state index in [1.54, 1.807) is 6.20 Å². The number of esters is 1. The van der Waals surface area contributed by atoms with Gasteiger partial charge in [-0.1, -0.05) is 0 Å². The van der Waals surface area contributed by atoms with Crippen LogP contribution in [0.4, 0.5) is 0 Å². The van der Waals surface area contributed by atoms with Crippen molar-refractivity contribution in [1.29, 1.82) is 0 Å². The average molecular weight is 255 g/mol. The van der Waals surface area contributed by atoms with Crippen LogP contribution in [0, 0.1) is 0 Å². The fourth-order valence-corrected chi connectivity index (χ4v) is 1.94. The SMILES string of the molecule is CC(C)(C)OC(=O)C1=NCC(Cl)c2cc[nH]c21. The highest BCUT2D eigenvalue weighted by atomic mass is 35.5. The van der Waals surface area contributed by atoms with E-state index in [1.807, 2.05) is 26.8 Å². The van der Waals surface area contributed by atoms with Crippen molar-refractivity contribution >= 4 is 23.3 Å². The van der Waals surface area contributed by atoms with E-state index in [0.717, 1.165) is 5.56 Å². The minimum atomic E-state index is -0.524. The lowest BCUT2D eigenvalue weighted by atomic mass is 10.1. The molecule has 1 atom stereocenters. The van der Waals surface area contributed by atoms with Crippen LogP contribution >= 0.6 is 11.6 Å². The molecule has 0 radical (unpaired) electrons. The maximum Gasteiger partial charge on any atom is 0.359 e. The first-order chi connectivity index (χ1) is 7.88. The second-order valence-electron chi connectivity index (χ2n) is 4.97. The Morgan fingerprint density at radius 2 is 2.29 bits per heavy atom. The van der Waals surface area contributed by atoms with Gasteiger partial charge in [0.1, 0.15) is 5.60 Å². The Labute approximate surface area is 105 Å². The molecule has 92 valence electrons. The number of halogens is 1. The molecule has 4 nitrogen and oxygen atoms in total. The third kappa shape index (κ3) is 2.52. The van der Waals surface area contributed by atoms with Crippen LogP contribution in [-0.4, -0.2) is 28.8 Å². The monoisotopic (exact) mass is 254 g/mol. The van der Waals surface area contributed by atoms with Gasteiger partial charge in [-0.2, -0.15) is 0 Å². The van der Waals surface area contributed by atoms with E-state index < -0.39 is 11.6 Å². The molecule has 1 unspecified atom stereocenters. The molecule has 0 spiro atoms. The fraction of sp³-hybridized carbons (Fsp3) is 0.500. The highest BCUT2D eigenvalue weighted by molar-refractivity contribution is 6.44. The highest BCUT2D eigenvalue weighted by Crippen LogP contribution is 2.28. The lowest BCUT2D eigenvalue weighted by Gasteiger charge is -2.22. The predicted octanol–water partition coefficient (Wildman–Crippen LogP) is 2.44. The third-order valence-electron chi connectivity index (χ3n) is 2.36. The number of carbonyl (C=O) groups excluding carboxylic acids is 1. The van der Waals surface area contributed by atoms with Gasteiger partial charge in [-0.15, -0.1) is 11.6 Å². The van der Waals surface area contributed by atoms with Gasteiger partial charge in [0.2, 0.25) is 0 Å². The molecule has 0 bridgehead atoms. The van der Waals surface area contributed by atoms with Crippen LogP contribution in [0.15, 0.2) is 17.3 Å². The van der Waals surface area contributed by atoms with Gasteiger partial charge < -0.3 is 9.72 Å². The summed E-state index contributed by atoms with van der Waals surface area (Å²) in [6.45, 7) is 5.89. The van der Waals surface area contributed by atoms with Crippen molar-refractivity contribution in [2.75, 3.05) is 6.54 Å². The number of aromatic amines is 1. The summed E-state index contributed by atoms with van der Waals surface area (Å²) >= 11 is 6.11. The van der Waals surface area contributed by atoms with Crippen LogP contribution in [0.25, 0.3) is 0 Å². The van der Waals surface area contributed by atoms with Crippen molar-refractivity contribution in [1.82, 2.24) is 4.98 Å². The molecule has 1 N–H and O–H groups in total. The van der Waals surface area contributed by atoms with Crippen LogP contribution in [0.1, 0.15) is 37.4 Å². The van der Waals surface area contributed by atoms with E-state index in [2.05, 4.69) is 9.98 Å². The zero-order valence-corrected chi connectivity index (χ0v) is 10.8. The maximum absolute atomic E-state index is 12.0. The van der Waals surface area contributed by atoms with E-state index in [9.17, 15) is 4.79 Å². The van der Waals surface area contributed by atoms with Gasteiger partial charge in [0.25, 0.3) is 0 Å². The number of carbonyl (C=O) groups is 1. The quantitative estimate of drug-likeness (QED) is 0.618. The van der Waals surface area contributed by atoms with Gasteiger partial charge in [-0.05, 0) is 32.4 Å². The first kappa shape index (κ1) is 12.2. The Morgan fingerprint density at radius 1 is 1.59 bits per heavy atom. The molecular weight excluding hydrogens is 240 g/mol. The van der Waals surface area contributed by atoms with Gasteiger partial charge in [-0.3, -0.25) is 4.99 Å². The Balaban J connectivity index is 2.27. The number of fused-ring (bicyclic) bond motifs is 1. The molecule has 0 aromatic carbocycles. The number of nitrogens with one attached hydrogen (secondary N) is 1. The second kappa shape index (κ2) is 4.18. The molecule has 0 saturated carbocycles. The topological polar surface area (TPSA) is 54.4 Å². The largest absolute Gasteiger partial charge is 0.455 e. The second-order valence-corrected chi connectivity index (χ2v) is 5.49. The number of hydrogen-bond acceptors (Lipinski definition) is 3. The first-order valence-corrected chi connectivity index (χ1v) is 5.91. The number of H-pyrrole nitrogens is 1. The third-order valence-corrected chi connectivity index (χ3v) is 2.73. The number of rotatable bonds is 1. The summed E-state index contributed by atoms with van der Waals surface area (Å²) in [7, 11) is 0. The van der Waals surface area contributed by atoms with Crippen LogP contribution in [0.3, 0.4) is 0 Å². The van der Waals surface area contributed by atoms with Crippen molar-refractivity contribution in [2.45, 2.75) is 31.7 Å². The molecule has 1 aliphatic heterocycles. The van der Waals surface area contributed by atoms with Gasteiger partial charge in [0.15, 0.2) is 5.71 Å². The summed E-state index contributed by atoms with van der Waals surface area (Å²) in [4.78, 5) is 19.1. The van der Waals surface area contributed by atoms with Crippen LogP contribution in [0.2, 0.25) is 0 Å². The predicted molar refractivity (Wildman–Crippen MR) is 66.6 cm³/mol. The average Bonchev–Trinajstić information content (AvgIpc) is 2.64. The Morgan fingerprint density at radius 3 is 2.94 bits per heavy atom. The number of nitrogens with zero attached hydrogens (tertiary/aromatic N) is 1. The number of aliphatic imine (C=N–C) groups is 1. The van der Waals surface area contributed by atoms with Crippen molar-refractivity contribution < 1.29 is 9.53 Å². The van der Waals surface area contributed by atoms with Crippen molar-refractivity contribution in [3.8, 4) is 0 Å². The smallest absolute Gasteiger partial charge is 0.359 e. The summed E-state index contributed by atoms with van der Waals surface area (Å²) < 4.78 is 5.31. The molecule has 0 aliphatic carbocycles.